The Morgan fingerprint density at radius 2 is 2.22 bits per heavy atom. The lowest BCUT2D eigenvalue weighted by Crippen LogP contribution is -2.41. The molecule has 0 bridgehead atoms. The standard InChI is InChI=1S/C16H23Cl2N3O2/c1-3-8-23-12-9-19-6-4-11(12)5-7-20-16(22)15-14(18)13(17)10(2)21-15/h5,7,11-12,19,21H,3-4,6,8-9H2,1-2H3,(H,20,22). The maximum Gasteiger partial charge on any atom is 0.273 e. The summed E-state index contributed by atoms with van der Waals surface area (Å²) in [7, 11) is 0. The molecule has 1 saturated heterocycles. The summed E-state index contributed by atoms with van der Waals surface area (Å²) in [6, 6.07) is 0. The van der Waals surface area contributed by atoms with Crippen molar-refractivity contribution in [3.05, 3.63) is 33.7 Å². The van der Waals surface area contributed by atoms with Crippen LogP contribution in [0.25, 0.3) is 0 Å². The minimum Gasteiger partial charge on any atom is -0.376 e. The molecule has 1 aliphatic heterocycles. The zero-order valence-corrected chi connectivity index (χ0v) is 14.9. The number of aromatic nitrogens is 1. The average molecular weight is 360 g/mol. The Morgan fingerprint density at radius 3 is 2.87 bits per heavy atom. The largest absolute Gasteiger partial charge is 0.376 e. The fourth-order valence-corrected chi connectivity index (χ4v) is 2.99. The van der Waals surface area contributed by atoms with E-state index in [2.05, 4.69) is 22.5 Å². The molecular formula is C16H23Cl2N3O2. The van der Waals surface area contributed by atoms with Gasteiger partial charge in [0.2, 0.25) is 0 Å². The first-order valence-electron chi connectivity index (χ1n) is 7.88. The van der Waals surface area contributed by atoms with Gasteiger partial charge in [0.05, 0.1) is 16.1 Å². The average Bonchev–Trinajstić information content (AvgIpc) is 2.81. The number of rotatable bonds is 6. The summed E-state index contributed by atoms with van der Waals surface area (Å²) in [5, 5.41) is 6.70. The second-order valence-electron chi connectivity index (χ2n) is 5.65. The Kier molecular flexibility index (Phi) is 6.96. The monoisotopic (exact) mass is 359 g/mol. The first-order valence-corrected chi connectivity index (χ1v) is 8.63. The molecule has 2 unspecified atom stereocenters. The minimum absolute atomic E-state index is 0.141. The number of hydrogen-bond donors (Lipinski definition) is 3. The molecule has 1 fully saturated rings. The lowest BCUT2D eigenvalue weighted by Gasteiger charge is -2.30. The molecule has 0 spiro atoms. The third-order valence-electron chi connectivity index (χ3n) is 3.85. The van der Waals surface area contributed by atoms with Crippen molar-refractivity contribution in [1.29, 1.82) is 0 Å². The van der Waals surface area contributed by atoms with E-state index in [1.165, 1.54) is 0 Å². The van der Waals surface area contributed by atoms with E-state index in [0.717, 1.165) is 32.5 Å². The second kappa shape index (κ2) is 8.73. The Hall–Kier alpha value is -1.01. The Balaban J connectivity index is 1.93. The number of carbonyl (C=O) groups is 1. The summed E-state index contributed by atoms with van der Waals surface area (Å²) in [4.78, 5) is 15.0. The van der Waals surface area contributed by atoms with Gasteiger partial charge in [-0.3, -0.25) is 4.79 Å². The van der Waals surface area contributed by atoms with Crippen molar-refractivity contribution < 1.29 is 9.53 Å². The minimum atomic E-state index is -0.304. The van der Waals surface area contributed by atoms with Crippen LogP contribution in [0.15, 0.2) is 12.3 Å². The van der Waals surface area contributed by atoms with E-state index in [0.29, 0.717) is 10.7 Å². The van der Waals surface area contributed by atoms with Crippen LogP contribution in [0, 0.1) is 12.8 Å². The Morgan fingerprint density at radius 1 is 1.43 bits per heavy atom. The summed E-state index contributed by atoms with van der Waals surface area (Å²) in [5.41, 5.74) is 0.958. The third-order valence-corrected chi connectivity index (χ3v) is 4.80. The highest BCUT2D eigenvalue weighted by Crippen LogP contribution is 2.28. The quantitative estimate of drug-likeness (QED) is 0.730. The molecule has 0 aliphatic carbocycles. The van der Waals surface area contributed by atoms with Crippen LogP contribution >= 0.6 is 23.2 Å². The molecule has 128 valence electrons. The molecule has 1 aromatic rings. The van der Waals surface area contributed by atoms with Gasteiger partial charge >= 0.3 is 0 Å². The van der Waals surface area contributed by atoms with E-state index in [1.807, 2.05) is 6.08 Å². The van der Waals surface area contributed by atoms with Crippen LogP contribution in [0.1, 0.15) is 35.9 Å². The van der Waals surface area contributed by atoms with Gasteiger partial charge in [0.1, 0.15) is 5.69 Å². The predicted molar refractivity (Wildman–Crippen MR) is 93.2 cm³/mol. The molecule has 3 N–H and O–H groups in total. The zero-order chi connectivity index (χ0) is 16.8. The van der Waals surface area contributed by atoms with Crippen molar-refractivity contribution in [1.82, 2.24) is 15.6 Å². The van der Waals surface area contributed by atoms with E-state index in [1.54, 1.807) is 13.1 Å². The molecule has 2 heterocycles. The van der Waals surface area contributed by atoms with Crippen LogP contribution in [0.2, 0.25) is 10.0 Å². The van der Waals surface area contributed by atoms with Crippen molar-refractivity contribution in [2.75, 3.05) is 19.7 Å². The van der Waals surface area contributed by atoms with Crippen molar-refractivity contribution in [2.45, 2.75) is 32.8 Å². The number of carbonyl (C=O) groups excluding carboxylic acids is 1. The van der Waals surface area contributed by atoms with Crippen LogP contribution in [0.5, 0.6) is 0 Å². The van der Waals surface area contributed by atoms with E-state index < -0.39 is 0 Å². The van der Waals surface area contributed by atoms with Crippen LogP contribution in [-0.4, -0.2) is 36.7 Å². The summed E-state index contributed by atoms with van der Waals surface area (Å²) in [6.07, 6.45) is 5.78. The molecule has 23 heavy (non-hydrogen) atoms. The number of hydrogen-bond acceptors (Lipinski definition) is 3. The highest BCUT2D eigenvalue weighted by molar-refractivity contribution is 6.44. The highest BCUT2D eigenvalue weighted by Gasteiger charge is 2.23. The summed E-state index contributed by atoms with van der Waals surface area (Å²) < 4.78 is 5.85. The Labute approximate surface area is 146 Å². The number of amides is 1. The number of H-pyrrole nitrogens is 1. The van der Waals surface area contributed by atoms with E-state index in [9.17, 15) is 4.79 Å². The molecule has 1 aliphatic rings. The molecule has 5 nitrogen and oxygen atoms in total. The van der Waals surface area contributed by atoms with E-state index >= 15 is 0 Å². The smallest absolute Gasteiger partial charge is 0.273 e. The second-order valence-corrected chi connectivity index (χ2v) is 6.41. The number of aromatic amines is 1. The Bertz CT molecular complexity index is 572. The lowest BCUT2D eigenvalue weighted by molar-refractivity contribution is 0.0131. The normalized spacial score (nSPS) is 21.7. The molecule has 1 aromatic heterocycles. The molecule has 0 radical (unpaired) electrons. The van der Waals surface area contributed by atoms with Crippen molar-refractivity contribution >= 4 is 29.1 Å². The maximum absolute atomic E-state index is 12.1. The molecule has 1 amide bonds. The van der Waals surface area contributed by atoms with Gasteiger partial charge in [-0.1, -0.05) is 36.2 Å². The van der Waals surface area contributed by atoms with Gasteiger partial charge in [-0.15, -0.1) is 0 Å². The molecule has 0 saturated carbocycles. The van der Waals surface area contributed by atoms with Crippen molar-refractivity contribution in [3.63, 3.8) is 0 Å². The third kappa shape index (κ3) is 4.73. The SMILES string of the molecule is CCCOC1CNCCC1C=CNC(=O)c1[nH]c(C)c(Cl)c1Cl. The molecule has 0 aromatic carbocycles. The number of piperidine rings is 1. The fourth-order valence-electron chi connectivity index (χ4n) is 2.57. The van der Waals surface area contributed by atoms with Crippen LogP contribution < -0.4 is 10.6 Å². The maximum atomic E-state index is 12.1. The molecule has 2 atom stereocenters. The highest BCUT2D eigenvalue weighted by atomic mass is 35.5. The van der Waals surface area contributed by atoms with Crippen LogP contribution in [0.4, 0.5) is 0 Å². The van der Waals surface area contributed by atoms with E-state index in [4.69, 9.17) is 27.9 Å². The van der Waals surface area contributed by atoms with Gasteiger partial charge in [-0.25, -0.2) is 0 Å². The van der Waals surface area contributed by atoms with Gasteiger partial charge < -0.3 is 20.4 Å². The molecule has 7 heteroatoms. The number of nitrogens with one attached hydrogen (secondary N) is 3. The summed E-state index contributed by atoms with van der Waals surface area (Å²) in [6.45, 7) is 6.39. The molecule has 2 rings (SSSR count). The first-order chi connectivity index (χ1) is 11.0. The summed E-state index contributed by atoms with van der Waals surface area (Å²) >= 11 is 12.0. The number of halogens is 2. The van der Waals surface area contributed by atoms with Crippen molar-refractivity contribution in [3.8, 4) is 0 Å². The number of ether oxygens (including phenoxy) is 1. The van der Waals surface area contributed by atoms with Gasteiger partial charge in [-0.2, -0.15) is 0 Å². The van der Waals surface area contributed by atoms with Crippen molar-refractivity contribution in [2.24, 2.45) is 5.92 Å². The van der Waals surface area contributed by atoms with Gasteiger partial charge in [0, 0.05) is 31.0 Å². The van der Waals surface area contributed by atoms with Crippen LogP contribution in [0.3, 0.4) is 0 Å². The summed E-state index contributed by atoms with van der Waals surface area (Å²) in [5.74, 6) is -0.0197. The molecular weight excluding hydrogens is 337 g/mol. The van der Waals surface area contributed by atoms with E-state index in [-0.39, 0.29) is 28.6 Å². The topological polar surface area (TPSA) is 66.2 Å². The van der Waals surface area contributed by atoms with Gasteiger partial charge in [0.25, 0.3) is 5.91 Å². The lowest BCUT2D eigenvalue weighted by atomic mass is 9.95. The predicted octanol–water partition coefficient (Wildman–Crippen LogP) is 3.28. The first kappa shape index (κ1) is 18.3. The zero-order valence-electron chi connectivity index (χ0n) is 13.4. The van der Waals surface area contributed by atoms with Gasteiger partial charge in [0.15, 0.2) is 0 Å². The van der Waals surface area contributed by atoms with Crippen LogP contribution in [-0.2, 0) is 4.74 Å². The van der Waals surface area contributed by atoms with Gasteiger partial charge in [-0.05, 0) is 26.3 Å². The number of aryl methyl sites for hydroxylation is 1. The fraction of sp³-hybridized carbons (Fsp3) is 0.562.